The van der Waals surface area contributed by atoms with Gasteiger partial charge in [-0.2, -0.15) is 0 Å². The third-order valence-electron chi connectivity index (χ3n) is 5.53. The Kier molecular flexibility index (Phi) is 3.09. The molecule has 0 unspecified atom stereocenters. The Morgan fingerprint density at radius 3 is 2.00 bits per heavy atom. The average molecular weight is 225 g/mol. The monoisotopic (exact) mass is 225 g/mol. The molecule has 2 fully saturated rings. The molecule has 0 aliphatic heterocycles. The molecule has 2 aliphatic carbocycles. The maximum Gasteiger partial charge on any atom is 0.0802 e. The molecule has 0 bridgehead atoms. The van der Waals surface area contributed by atoms with E-state index in [1.807, 2.05) is 6.92 Å². The lowest BCUT2D eigenvalue weighted by atomic mass is 9.58. The lowest BCUT2D eigenvalue weighted by molar-refractivity contribution is -0.140. The van der Waals surface area contributed by atoms with Crippen LogP contribution >= 0.6 is 0 Å². The van der Waals surface area contributed by atoms with Gasteiger partial charge in [0.25, 0.3) is 0 Å². The molecule has 2 nitrogen and oxygen atoms in total. The molecule has 0 amide bonds. The van der Waals surface area contributed by atoms with Crippen molar-refractivity contribution in [3.63, 3.8) is 0 Å². The van der Waals surface area contributed by atoms with E-state index in [1.165, 1.54) is 25.7 Å². The van der Waals surface area contributed by atoms with E-state index in [9.17, 15) is 5.11 Å². The van der Waals surface area contributed by atoms with Crippen LogP contribution in [0, 0.1) is 11.8 Å². The summed E-state index contributed by atoms with van der Waals surface area (Å²) in [6.45, 7) is 4.27. The van der Waals surface area contributed by atoms with Crippen LogP contribution in [0.15, 0.2) is 0 Å². The normalized spacial score (nSPS) is 49.1. The van der Waals surface area contributed by atoms with Gasteiger partial charge in [0.2, 0.25) is 0 Å². The molecular formula is C14H27NO. The summed E-state index contributed by atoms with van der Waals surface area (Å²) in [6, 6.07) is 0. The van der Waals surface area contributed by atoms with Crippen LogP contribution in [-0.4, -0.2) is 35.2 Å². The van der Waals surface area contributed by atoms with E-state index in [1.54, 1.807) is 0 Å². The van der Waals surface area contributed by atoms with Gasteiger partial charge in [-0.15, -0.1) is 0 Å². The van der Waals surface area contributed by atoms with Gasteiger partial charge in [-0.25, -0.2) is 0 Å². The van der Waals surface area contributed by atoms with Crippen molar-refractivity contribution in [3.8, 4) is 0 Å². The van der Waals surface area contributed by atoms with Gasteiger partial charge in [-0.1, -0.05) is 25.7 Å². The lowest BCUT2D eigenvalue weighted by Crippen LogP contribution is -2.63. The van der Waals surface area contributed by atoms with Gasteiger partial charge in [0.05, 0.1) is 5.60 Å². The van der Waals surface area contributed by atoms with Crippen LogP contribution in [-0.2, 0) is 0 Å². The third kappa shape index (κ3) is 1.80. The SMILES string of the molecule is CN(C)[C@@]1(C)C[C@@H]2CCCC[C@H]2C[C@]1(C)O. The fourth-order valence-electron chi connectivity index (χ4n) is 3.95. The first kappa shape index (κ1) is 12.4. The molecule has 0 aromatic rings. The molecule has 2 aliphatic rings. The summed E-state index contributed by atoms with van der Waals surface area (Å²) in [5.41, 5.74) is -0.583. The van der Waals surface area contributed by atoms with Gasteiger partial charge in [0, 0.05) is 5.54 Å². The van der Waals surface area contributed by atoms with Crippen molar-refractivity contribution < 1.29 is 5.11 Å². The highest BCUT2D eigenvalue weighted by molar-refractivity contribution is 5.07. The molecule has 0 saturated heterocycles. The number of rotatable bonds is 1. The number of hydrogen-bond donors (Lipinski definition) is 1. The molecule has 0 aromatic heterocycles. The second kappa shape index (κ2) is 3.99. The number of fused-ring (bicyclic) bond motifs is 1. The quantitative estimate of drug-likeness (QED) is 0.741. The Hall–Kier alpha value is -0.0800. The lowest BCUT2D eigenvalue weighted by Gasteiger charge is -2.56. The maximum absolute atomic E-state index is 10.8. The minimum absolute atomic E-state index is 0.0501. The van der Waals surface area contributed by atoms with Crippen LogP contribution in [0.2, 0.25) is 0 Å². The number of aliphatic hydroxyl groups is 1. The van der Waals surface area contributed by atoms with Crippen LogP contribution in [0.25, 0.3) is 0 Å². The summed E-state index contributed by atoms with van der Waals surface area (Å²) in [7, 11) is 4.22. The average Bonchev–Trinajstić information content (AvgIpc) is 2.18. The van der Waals surface area contributed by atoms with Crippen molar-refractivity contribution in [2.75, 3.05) is 14.1 Å². The summed E-state index contributed by atoms with van der Waals surface area (Å²) < 4.78 is 0. The summed E-state index contributed by atoms with van der Waals surface area (Å²) in [5, 5.41) is 10.8. The van der Waals surface area contributed by atoms with E-state index in [0.29, 0.717) is 0 Å². The molecule has 0 radical (unpaired) electrons. The van der Waals surface area contributed by atoms with Crippen molar-refractivity contribution in [1.82, 2.24) is 4.90 Å². The van der Waals surface area contributed by atoms with Gasteiger partial charge in [0.15, 0.2) is 0 Å². The van der Waals surface area contributed by atoms with Crippen molar-refractivity contribution in [2.24, 2.45) is 11.8 Å². The fraction of sp³-hybridized carbons (Fsp3) is 1.00. The first-order valence-corrected chi connectivity index (χ1v) is 6.77. The second-order valence-corrected chi connectivity index (χ2v) is 6.66. The summed E-state index contributed by atoms with van der Waals surface area (Å²) >= 11 is 0. The van der Waals surface area contributed by atoms with E-state index in [-0.39, 0.29) is 5.54 Å². The van der Waals surface area contributed by atoms with Crippen LogP contribution in [0.1, 0.15) is 52.4 Å². The van der Waals surface area contributed by atoms with Crippen LogP contribution in [0.5, 0.6) is 0 Å². The van der Waals surface area contributed by atoms with Gasteiger partial charge in [0.1, 0.15) is 0 Å². The summed E-state index contributed by atoms with van der Waals surface area (Å²) in [6.07, 6.45) is 7.64. The Morgan fingerprint density at radius 1 is 1.00 bits per heavy atom. The van der Waals surface area contributed by atoms with Crippen molar-refractivity contribution in [1.29, 1.82) is 0 Å². The van der Waals surface area contributed by atoms with E-state index < -0.39 is 5.60 Å². The Bertz CT molecular complexity index is 261. The molecule has 0 heterocycles. The largest absolute Gasteiger partial charge is 0.388 e. The smallest absolute Gasteiger partial charge is 0.0802 e. The predicted molar refractivity (Wildman–Crippen MR) is 67.4 cm³/mol. The predicted octanol–water partition coefficient (Wildman–Crippen LogP) is 2.66. The van der Waals surface area contributed by atoms with Gasteiger partial charge < -0.3 is 10.0 Å². The second-order valence-electron chi connectivity index (χ2n) is 6.66. The van der Waals surface area contributed by atoms with Gasteiger partial charge in [-0.05, 0) is 52.6 Å². The molecule has 2 rings (SSSR count). The summed E-state index contributed by atoms with van der Waals surface area (Å²) in [4.78, 5) is 2.23. The first-order chi connectivity index (χ1) is 7.37. The van der Waals surface area contributed by atoms with Crippen LogP contribution in [0.3, 0.4) is 0 Å². The van der Waals surface area contributed by atoms with Gasteiger partial charge in [-0.3, -0.25) is 0 Å². The zero-order valence-electron chi connectivity index (χ0n) is 11.3. The molecule has 0 aromatic carbocycles. The fourth-order valence-corrected chi connectivity index (χ4v) is 3.95. The Morgan fingerprint density at radius 2 is 1.50 bits per heavy atom. The number of likely N-dealkylation sites (N-methyl/N-ethyl adjacent to an activating group) is 1. The third-order valence-corrected chi connectivity index (χ3v) is 5.53. The molecule has 4 atom stereocenters. The zero-order valence-corrected chi connectivity index (χ0v) is 11.3. The molecule has 16 heavy (non-hydrogen) atoms. The molecule has 94 valence electrons. The van der Waals surface area contributed by atoms with Gasteiger partial charge >= 0.3 is 0 Å². The number of nitrogens with zero attached hydrogens (tertiary/aromatic N) is 1. The Balaban J connectivity index is 2.21. The molecule has 1 N–H and O–H groups in total. The molecule has 2 saturated carbocycles. The molecule has 2 heteroatoms. The van der Waals surface area contributed by atoms with E-state index in [0.717, 1.165) is 24.7 Å². The zero-order chi connectivity index (χ0) is 12.0. The van der Waals surface area contributed by atoms with Crippen LogP contribution in [0.4, 0.5) is 0 Å². The van der Waals surface area contributed by atoms with E-state index >= 15 is 0 Å². The summed E-state index contributed by atoms with van der Waals surface area (Å²) in [5.74, 6) is 1.62. The number of hydrogen-bond acceptors (Lipinski definition) is 2. The highest BCUT2D eigenvalue weighted by Crippen LogP contribution is 2.50. The van der Waals surface area contributed by atoms with Crippen LogP contribution < -0.4 is 0 Å². The minimum Gasteiger partial charge on any atom is -0.388 e. The van der Waals surface area contributed by atoms with Crippen molar-refractivity contribution in [3.05, 3.63) is 0 Å². The van der Waals surface area contributed by atoms with Crippen molar-refractivity contribution in [2.45, 2.75) is 63.5 Å². The molecular weight excluding hydrogens is 198 g/mol. The van der Waals surface area contributed by atoms with E-state index in [2.05, 4.69) is 25.9 Å². The maximum atomic E-state index is 10.8. The Labute approximate surface area is 100 Å². The highest BCUT2D eigenvalue weighted by Gasteiger charge is 2.52. The van der Waals surface area contributed by atoms with Crippen molar-refractivity contribution >= 4 is 0 Å². The highest BCUT2D eigenvalue weighted by atomic mass is 16.3. The van der Waals surface area contributed by atoms with E-state index in [4.69, 9.17) is 0 Å². The minimum atomic E-state index is -0.533. The topological polar surface area (TPSA) is 23.5 Å². The first-order valence-electron chi connectivity index (χ1n) is 6.77. The molecule has 0 spiro atoms. The standard InChI is InChI=1S/C14H27NO/c1-13(15(3)4)9-11-7-5-6-8-12(11)10-14(13,2)16/h11-12,16H,5-10H2,1-4H3/t11-,12-,13-,14-/m0/s1.